The minimum atomic E-state index is -0.576. The van der Waals surface area contributed by atoms with E-state index in [1.54, 1.807) is 4.90 Å². The summed E-state index contributed by atoms with van der Waals surface area (Å²) >= 11 is 0. The van der Waals surface area contributed by atoms with Crippen molar-refractivity contribution in [1.29, 1.82) is 0 Å². The van der Waals surface area contributed by atoms with Gasteiger partial charge in [0.15, 0.2) is 0 Å². The molecule has 0 aromatic carbocycles. The maximum Gasteiger partial charge on any atom is 0.242 e. The van der Waals surface area contributed by atoms with Crippen LogP contribution in [-0.2, 0) is 9.59 Å². The third kappa shape index (κ3) is 4.18. The highest BCUT2D eigenvalue weighted by Crippen LogP contribution is 2.22. The highest BCUT2D eigenvalue weighted by atomic mass is 16.2. The van der Waals surface area contributed by atoms with Gasteiger partial charge in [0.1, 0.15) is 0 Å². The first kappa shape index (κ1) is 16.9. The average Bonchev–Trinajstić information content (AvgIpc) is 2.42. The van der Waals surface area contributed by atoms with E-state index >= 15 is 0 Å². The molecule has 0 aromatic heterocycles. The van der Waals surface area contributed by atoms with Gasteiger partial charge in [0.2, 0.25) is 11.8 Å². The van der Waals surface area contributed by atoms with Crippen LogP contribution >= 0.6 is 0 Å². The van der Waals surface area contributed by atoms with Crippen molar-refractivity contribution in [3.63, 3.8) is 0 Å². The zero-order chi connectivity index (χ0) is 15.3. The van der Waals surface area contributed by atoms with E-state index in [4.69, 9.17) is 11.5 Å². The van der Waals surface area contributed by atoms with Gasteiger partial charge in [0, 0.05) is 19.1 Å². The van der Waals surface area contributed by atoms with Gasteiger partial charge in [0.25, 0.3) is 0 Å². The lowest BCUT2D eigenvalue weighted by Gasteiger charge is -2.39. The van der Waals surface area contributed by atoms with E-state index in [-0.39, 0.29) is 30.3 Å². The van der Waals surface area contributed by atoms with Crippen LogP contribution in [0.25, 0.3) is 0 Å². The quantitative estimate of drug-likeness (QED) is 0.643. The minimum Gasteiger partial charge on any atom is -0.346 e. The average molecular weight is 284 g/mol. The second-order valence-electron chi connectivity index (χ2n) is 6.00. The minimum absolute atomic E-state index is 0.00245. The Bertz CT molecular complexity index is 346. The molecule has 0 spiro atoms. The van der Waals surface area contributed by atoms with Crippen molar-refractivity contribution in [2.75, 3.05) is 19.6 Å². The summed E-state index contributed by atoms with van der Waals surface area (Å²) in [6.45, 7) is 7.06. The summed E-state index contributed by atoms with van der Waals surface area (Å²) in [5.41, 5.74) is 11.5. The lowest BCUT2D eigenvalue weighted by atomic mass is 9.91. The van der Waals surface area contributed by atoms with Crippen molar-refractivity contribution < 1.29 is 9.59 Å². The van der Waals surface area contributed by atoms with E-state index in [1.807, 2.05) is 13.8 Å². The monoisotopic (exact) mass is 284 g/mol. The first-order chi connectivity index (χ1) is 9.38. The fourth-order valence-electron chi connectivity index (χ4n) is 2.60. The van der Waals surface area contributed by atoms with Gasteiger partial charge in [-0.05, 0) is 24.7 Å². The van der Waals surface area contributed by atoms with Gasteiger partial charge in [-0.2, -0.15) is 0 Å². The summed E-state index contributed by atoms with van der Waals surface area (Å²) in [6, 6.07) is -0.500. The highest BCUT2D eigenvalue weighted by molar-refractivity contribution is 5.87. The lowest BCUT2D eigenvalue weighted by Crippen LogP contribution is -2.55. The number of piperidine rings is 1. The van der Waals surface area contributed by atoms with Crippen molar-refractivity contribution in [2.24, 2.45) is 23.3 Å². The topological polar surface area (TPSA) is 101 Å². The number of carbonyl (C=O) groups excluding carboxylic acids is 2. The molecule has 0 bridgehead atoms. The molecule has 0 radical (unpaired) electrons. The normalized spacial score (nSPS) is 24.6. The fraction of sp³-hybridized carbons (Fsp3) is 0.857. The molecular weight excluding hydrogens is 256 g/mol. The number of nitrogens with two attached hydrogens (primary N) is 2. The van der Waals surface area contributed by atoms with Gasteiger partial charge in [-0.15, -0.1) is 0 Å². The first-order valence-corrected chi connectivity index (χ1v) is 7.41. The van der Waals surface area contributed by atoms with Gasteiger partial charge < -0.3 is 21.7 Å². The standard InChI is InChI=1S/C14H28N4O2/c1-9(2)13(16)14(20)17-8-12(19)18-6-4-5-10(3)11(18)7-15/h9-11,13H,4-8,15-16H2,1-3H3,(H,17,20)/t10?,11?,13-/m0/s1. The lowest BCUT2D eigenvalue weighted by molar-refractivity contribution is -0.137. The molecule has 1 aliphatic heterocycles. The maximum atomic E-state index is 12.2. The number of nitrogens with zero attached hydrogens (tertiary/aromatic N) is 1. The molecule has 0 aromatic rings. The number of amides is 2. The number of rotatable bonds is 5. The summed E-state index contributed by atoms with van der Waals surface area (Å²) in [5, 5.41) is 2.62. The third-order valence-electron chi connectivity index (χ3n) is 4.11. The largest absolute Gasteiger partial charge is 0.346 e. The van der Waals surface area contributed by atoms with Crippen molar-refractivity contribution in [2.45, 2.75) is 45.7 Å². The van der Waals surface area contributed by atoms with Crippen LogP contribution in [0.5, 0.6) is 0 Å². The molecule has 2 amide bonds. The van der Waals surface area contributed by atoms with Crippen LogP contribution in [0.2, 0.25) is 0 Å². The van der Waals surface area contributed by atoms with E-state index in [0.29, 0.717) is 12.5 Å². The molecule has 1 aliphatic rings. The molecular formula is C14H28N4O2. The Labute approximate surface area is 121 Å². The zero-order valence-corrected chi connectivity index (χ0v) is 12.8. The Balaban J connectivity index is 2.51. The SMILES string of the molecule is CC1CCCN(C(=O)CNC(=O)[C@@H](N)C(C)C)C1CN. The summed E-state index contributed by atoms with van der Waals surface area (Å²) in [7, 11) is 0. The van der Waals surface area contributed by atoms with Gasteiger partial charge in [-0.25, -0.2) is 0 Å². The zero-order valence-electron chi connectivity index (χ0n) is 12.8. The van der Waals surface area contributed by atoms with Crippen molar-refractivity contribution >= 4 is 11.8 Å². The molecule has 1 saturated heterocycles. The van der Waals surface area contributed by atoms with Gasteiger partial charge in [0.05, 0.1) is 12.6 Å². The van der Waals surface area contributed by atoms with E-state index < -0.39 is 6.04 Å². The second kappa shape index (κ2) is 7.59. The Morgan fingerprint density at radius 1 is 1.40 bits per heavy atom. The second-order valence-corrected chi connectivity index (χ2v) is 6.00. The molecule has 0 saturated carbocycles. The molecule has 2 unspecified atom stereocenters. The summed E-state index contributed by atoms with van der Waals surface area (Å²) < 4.78 is 0. The van der Waals surface area contributed by atoms with Gasteiger partial charge >= 0.3 is 0 Å². The van der Waals surface area contributed by atoms with Gasteiger partial charge in [-0.3, -0.25) is 9.59 Å². The van der Waals surface area contributed by atoms with Crippen LogP contribution in [0.1, 0.15) is 33.6 Å². The van der Waals surface area contributed by atoms with E-state index in [1.165, 1.54) is 0 Å². The van der Waals surface area contributed by atoms with Crippen LogP contribution in [0.15, 0.2) is 0 Å². The molecule has 116 valence electrons. The van der Waals surface area contributed by atoms with Crippen LogP contribution in [0.4, 0.5) is 0 Å². The first-order valence-electron chi connectivity index (χ1n) is 7.41. The summed E-state index contributed by atoms with van der Waals surface area (Å²) in [5.74, 6) is 0.113. The van der Waals surface area contributed by atoms with Crippen LogP contribution < -0.4 is 16.8 Å². The molecule has 1 fully saturated rings. The molecule has 6 heteroatoms. The van der Waals surface area contributed by atoms with Crippen LogP contribution in [-0.4, -0.2) is 48.4 Å². The third-order valence-corrected chi connectivity index (χ3v) is 4.11. The number of carbonyl (C=O) groups is 2. The van der Waals surface area contributed by atoms with E-state index in [9.17, 15) is 9.59 Å². The number of hydrogen-bond acceptors (Lipinski definition) is 4. The Morgan fingerprint density at radius 2 is 2.05 bits per heavy atom. The molecule has 1 heterocycles. The number of hydrogen-bond donors (Lipinski definition) is 3. The predicted molar refractivity (Wildman–Crippen MR) is 78.8 cm³/mol. The molecule has 3 atom stereocenters. The molecule has 5 N–H and O–H groups in total. The molecule has 20 heavy (non-hydrogen) atoms. The Morgan fingerprint density at radius 3 is 2.60 bits per heavy atom. The Kier molecular flexibility index (Phi) is 6.42. The predicted octanol–water partition coefficient (Wildman–Crippen LogP) is -0.328. The highest BCUT2D eigenvalue weighted by Gasteiger charge is 2.30. The fourth-order valence-corrected chi connectivity index (χ4v) is 2.60. The van der Waals surface area contributed by atoms with Gasteiger partial charge in [-0.1, -0.05) is 20.8 Å². The Hall–Kier alpha value is -1.14. The van der Waals surface area contributed by atoms with Crippen LogP contribution in [0.3, 0.4) is 0 Å². The smallest absolute Gasteiger partial charge is 0.242 e. The van der Waals surface area contributed by atoms with Crippen molar-refractivity contribution in [1.82, 2.24) is 10.2 Å². The molecule has 0 aliphatic carbocycles. The maximum absolute atomic E-state index is 12.2. The number of likely N-dealkylation sites (tertiary alicyclic amines) is 1. The van der Waals surface area contributed by atoms with E-state index in [2.05, 4.69) is 12.2 Å². The number of nitrogens with one attached hydrogen (secondary N) is 1. The molecule has 6 nitrogen and oxygen atoms in total. The van der Waals surface area contributed by atoms with Crippen LogP contribution in [0, 0.1) is 11.8 Å². The summed E-state index contributed by atoms with van der Waals surface area (Å²) in [6.07, 6.45) is 2.08. The summed E-state index contributed by atoms with van der Waals surface area (Å²) in [4.78, 5) is 25.8. The molecule has 1 rings (SSSR count). The van der Waals surface area contributed by atoms with Crippen molar-refractivity contribution in [3.8, 4) is 0 Å². The van der Waals surface area contributed by atoms with E-state index in [0.717, 1.165) is 19.4 Å². The van der Waals surface area contributed by atoms with Crippen molar-refractivity contribution in [3.05, 3.63) is 0 Å².